The summed E-state index contributed by atoms with van der Waals surface area (Å²) >= 11 is 1.05. The van der Waals surface area contributed by atoms with Crippen LogP contribution in [-0.4, -0.2) is 19.5 Å². The van der Waals surface area contributed by atoms with E-state index in [1.807, 2.05) is 13.8 Å². The molecule has 0 unspecified atom stereocenters. The molecule has 0 fully saturated rings. The Kier molecular flexibility index (Phi) is 4.31. The zero-order chi connectivity index (χ0) is 14.9. The van der Waals surface area contributed by atoms with Crippen molar-refractivity contribution in [3.05, 3.63) is 27.9 Å². The lowest BCUT2D eigenvalue weighted by atomic mass is 10.1. The van der Waals surface area contributed by atoms with E-state index in [-0.39, 0.29) is 9.77 Å². The highest BCUT2D eigenvalue weighted by Crippen LogP contribution is 2.21. The first-order chi connectivity index (χ1) is 9.31. The van der Waals surface area contributed by atoms with E-state index in [1.165, 1.54) is 10.6 Å². The van der Waals surface area contributed by atoms with Gasteiger partial charge >= 0.3 is 4.87 Å². The van der Waals surface area contributed by atoms with Crippen LogP contribution in [0, 0.1) is 5.92 Å². The summed E-state index contributed by atoms with van der Waals surface area (Å²) < 4.78 is 29.1. The lowest BCUT2D eigenvalue weighted by Gasteiger charge is -2.08. The summed E-state index contributed by atoms with van der Waals surface area (Å²) in [5.41, 5.74) is 0.751. The molecule has 0 aliphatic carbocycles. The molecule has 0 spiro atoms. The Labute approximate surface area is 122 Å². The maximum atomic E-state index is 12.2. The van der Waals surface area contributed by atoms with Gasteiger partial charge in [-0.2, -0.15) is 0 Å². The van der Waals surface area contributed by atoms with Gasteiger partial charge in [0.2, 0.25) is 10.0 Å². The zero-order valence-electron chi connectivity index (χ0n) is 11.7. The van der Waals surface area contributed by atoms with Crippen LogP contribution in [0.4, 0.5) is 0 Å². The lowest BCUT2D eigenvalue weighted by Crippen LogP contribution is -2.25. The molecule has 5 nitrogen and oxygen atoms in total. The largest absolute Gasteiger partial charge is 0.307 e. The van der Waals surface area contributed by atoms with Crippen molar-refractivity contribution in [1.82, 2.24) is 9.29 Å². The van der Waals surface area contributed by atoms with Gasteiger partial charge < -0.3 is 4.57 Å². The SMILES string of the molecule is CC(C)CCNS(=O)(=O)c1ccc2c(c1)sc(=O)n2C. The molecule has 0 atom stereocenters. The third-order valence-electron chi connectivity index (χ3n) is 3.09. The van der Waals surface area contributed by atoms with Crippen LogP contribution in [0.15, 0.2) is 27.9 Å². The molecule has 1 aromatic heterocycles. The average molecular weight is 314 g/mol. The van der Waals surface area contributed by atoms with Gasteiger partial charge in [-0.15, -0.1) is 0 Å². The molecule has 0 amide bonds. The first-order valence-corrected chi connectivity index (χ1v) is 8.70. The second kappa shape index (κ2) is 5.67. The number of sulfonamides is 1. The molecule has 0 saturated carbocycles. The summed E-state index contributed by atoms with van der Waals surface area (Å²) in [4.78, 5) is 11.7. The van der Waals surface area contributed by atoms with Crippen molar-refractivity contribution in [1.29, 1.82) is 0 Å². The van der Waals surface area contributed by atoms with Crippen molar-refractivity contribution >= 4 is 31.6 Å². The predicted molar refractivity (Wildman–Crippen MR) is 81.7 cm³/mol. The van der Waals surface area contributed by atoms with Crippen molar-refractivity contribution in [3.63, 3.8) is 0 Å². The minimum atomic E-state index is -3.51. The molecular weight excluding hydrogens is 296 g/mol. The van der Waals surface area contributed by atoms with E-state index in [9.17, 15) is 13.2 Å². The monoisotopic (exact) mass is 314 g/mol. The van der Waals surface area contributed by atoms with Gasteiger partial charge in [-0.05, 0) is 30.5 Å². The normalized spacial score (nSPS) is 12.4. The minimum absolute atomic E-state index is 0.0951. The van der Waals surface area contributed by atoms with Crippen molar-refractivity contribution in [3.8, 4) is 0 Å². The molecule has 2 aromatic rings. The number of benzene rings is 1. The fourth-order valence-corrected chi connectivity index (χ4v) is 3.91. The van der Waals surface area contributed by atoms with Gasteiger partial charge in [0, 0.05) is 13.6 Å². The highest BCUT2D eigenvalue weighted by molar-refractivity contribution is 7.89. The fourth-order valence-electron chi connectivity index (χ4n) is 1.85. The van der Waals surface area contributed by atoms with Gasteiger partial charge in [0.25, 0.3) is 0 Å². The van der Waals surface area contributed by atoms with Gasteiger partial charge in [-0.3, -0.25) is 4.79 Å². The highest BCUT2D eigenvalue weighted by Gasteiger charge is 2.15. The number of hydrogen-bond donors (Lipinski definition) is 1. The Morgan fingerprint density at radius 3 is 2.70 bits per heavy atom. The molecule has 1 N–H and O–H groups in total. The first kappa shape index (κ1) is 15.2. The van der Waals surface area contributed by atoms with Crippen LogP contribution in [-0.2, 0) is 17.1 Å². The van der Waals surface area contributed by atoms with Crippen molar-refractivity contribution in [2.45, 2.75) is 25.2 Å². The van der Waals surface area contributed by atoms with Crippen LogP contribution < -0.4 is 9.60 Å². The standard InChI is InChI=1S/C13H18N2O3S2/c1-9(2)6-7-14-20(17,18)10-4-5-11-12(8-10)19-13(16)15(11)3/h4-5,8-9,14H,6-7H2,1-3H3. The number of hydrogen-bond acceptors (Lipinski definition) is 4. The van der Waals surface area contributed by atoms with Gasteiger partial charge in [0.05, 0.1) is 15.1 Å². The van der Waals surface area contributed by atoms with Crippen molar-refractivity contribution in [2.75, 3.05) is 6.54 Å². The highest BCUT2D eigenvalue weighted by atomic mass is 32.2. The second-order valence-electron chi connectivity index (χ2n) is 5.14. The van der Waals surface area contributed by atoms with Crippen LogP contribution >= 0.6 is 11.3 Å². The Bertz CT molecular complexity index is 773. The number of fused-ring (bicyclic) bond motifs is 1. The summed E-state index contributed by atoms with van der Waals surface area (Å²) in [6.07, 6.45) is 0.792. The Morgan fingerprint density at radius 2 is 2.05 bits per heavy atom. The van der Waals surface area contributed by atoms with E-state index in [0.29, 0.717) is 17.2 Å². The molecule has 110 valence electrons. The van der Waals surface area contributed by atoms with E-state index >= 15 is 0 Å². The molecule has 0 saturated heterocycles. The molecule has 2 rings (SSSR count). The third-order valence-corrected chi connectivity index (χ3v) is 5.54. The van der Waals surface area contributed by atoms with Crippen LogP contribution in [0.2, 0.25) is 0 Å². The van der Waals surface area contributed by atoms with Crippen molar-refractivity contribution in [2.24, 2.45) is 13.0 Å². The number of rotatable bonds is 5. The topological polar surface area (TPSA) is 68.2 Å². The van der Waals surface area contributed by atoms with Crippen molar-refractivity contribution < 1.29 is 8.42 Å². The van der Waals surface area contributed by atoms with E-state index in [4.69, 9.17) is 0 Å². The van der Waals surface area contributed by atoms with Crippen LogP contribution in [0.1, 0.15) is 20.3 Å². The zero-order valence-corrected chi connectivity index (χ0v) is 13.3. The summed E-state index contributed by atoms with van der Waals surface area (Å²) in [5.74, 6) is 0.444. The molecular formula is C13H18N2O3S2. The maximum Gasteiger partial charge on any atom is 0.307 e. The number of nitrogens with one attached hydrogen (secondary N) is 1. The van der Waals surface area contributed by atoms with E-state index in [0.717, 1.165) is 23.3 Å². The number of aryl methyl sites for hydroxylation is 1. The van der Waals surface area contributed by atoms with Crippen LogP contribution in [0.3, 0.4) is 0 Å². The number of aromatic nitrogens is 1. The summed E-state index contributed by atoms with van der Waals surface area (Å²) in [7, 11) is -1.83. The first-order valence-electron chi connectivity index (χ1n) is 6.40. The van der Waals surface area contributed by atoms with E-state index < -0.39 is 10.0 Å². The second-order valence-corrected chi connectivity index (χ2v) is 7.90. The van der Waals surface area contributed by atoms with Gasteiger partial charge in [-0.25, -0.2) is 13.1 Å². The molecule has 1 heterocycles. The molecule has 1 aromatic carbocycles. The molecule has 0 aliphatic rings. The van der Waals surface area contributed by atoms with Gasteiger partial charge in [-0.1, -0.05) is 25.2 Å². The van der Waals surface area contributed by atoms with Crippen LogP contribution in [0.25, 0.3) is 10.2 Å². The summed E-state index contributed by atoms with van der Waals surface area (Å²) in [6, 6.07) is 4.76. The van der Waals surface area contributed by atoms with Gasteiger partial charge in [0.15, 0.2) is 0 Å². The lowest BCUT2D eigenvalue weighted by molar-refractivity contribution is 0.551. The van der Waals surface area contributed by atoms with E-state index in [2.05, 4.69) is 4.72 Å². The Hall–Kier alpha value is -1.18. The van der Waals surface area contributed by atoms with Crippen LogP contribution in [0.5, 0.6) is 0 Å². The van der Waals surface area contributed by atoms with Gasteiger partial charge in [0.1, 0.15) is 0 Å². The molecule has 0 aliphatic heterocycles. The average Bonchev–Trinajstić information content (AvgIpc) is 2.64. The molecule has 20 heavy (non-hydrogen) atoms. The summed E-state index contributed by atoms with van der Waals surface area (Å²) in [5, 5.41) is 0. The Morgan fingerprint density at radius 1 is 1.35 bits per heavy atom. The summed E-state index contributed by atoms with van der Waals surface area (Å²) in [6.45, 7) is 4.51. The third kappa shape index (κ3) is 3.11. The molecule has 7 heteroatoms. The maximum absolute atomic E-state index is 12.2. The predicted octanol–water partition coefficient (Wildman–Crippen LogP) is 1.92. The quantitative estimate of drug-likeness (QED) is 0.917. The Balaban J connectivity index is 2.30. The molecule has 0 radical (unpaired) electrons. The molecule has 0 bridgehead atoms. The number of nitrogens with zero attached hydrogens (tertiary/aromatic N) is 1. The van der Waals surface area contributed by atoms with E-state index in [1.54, 1.807) is 19.2 Å². The number of thiazole rings is 1. The smallest absolute Gasteiger partial charge is 0.302 e. The fraction of sp³-hybridized carbons (Fsp3) is 0.462. The minimum Gasteiger partial charge on any atom is -0.302 e.